The molecule has 84 valence electrons. The molecule has 1 aromatic carbocycles. The van der Waals surface area contributed by atoms with Crippen molar-refractivity contribution >= 4 is 12.0 Å². The fourth-order valence-corrected chi connectivity index (χ4v) is 2.08. The molecule has 0 spiro atoms. The van der Waals surface area contributed by atoms with E-state index in [1.807, 2.05) is 12.1 Å². The van der Waals surface area contributed by atoms with E-state index in [2.05, 4.69) is 6.07 Å². The number of hydrogen-bond donors (Lipinski definition) is 2. The van der Waals surface area contributed by atoms with Crippen LogP contribution in [-0.4, -0.2) is 17.1 Å². The standard InChI is InChI=1S/C13H15NO2/c14-12-5-4-10-3-1-9(2-6-13(15)16)7-11(10)8-12/h1-3,6-7,12H,4-5,8,14H2,(H,15,16)/t12-/m0/s1. The third-order valence-electron chi connectivity index (χ3n) is 2.92. The molecule has 0 saturated heterocycles. The average molecular weight is 217 g/mol. The Hall–Kier alpha value is -1.61. The molecule has 2 rings (SSSR count). The maximum absolute atomic E-state index is 10.4. The normalized spacial score (nSPS) is 19.7. The Bertz CT molecular complexity index is 438. The molecule has 0 aliphatic heterocycles. The van der Waals surface area contributed by atoms with Crippen molar-refractivity contribution in [2.45, 2.75) is 25.3 Å². The van der Waals surface area contributed by atoms with Gasteiger partial charge in [0.15, 0.2) is 0 Å². The van der Waals surface area contributed by atoms with E-state index in [4.69, 9.17) is 10.8 Å². The van der Waals surface area contributed by atoms with Crippen molar-refractivity contribution in [1.82, 2.24) is 0 Å². The van der Waals surface area contributed by atoms with E-state index < -0.39 is 5.97 Å². The Morgan fingerprint density at radius 1 is 1.44 bits per heavy atom. The van der Waals surface area contributed by atoms with Gasteiger partial charge in [-0.2, -0.15) is 0 Å². The highest BCUT2D eigenvalue weighted by molar-refractivity contribution is 5.85. The maximum Gasteiger partial charge on any atom is 0.328 e. The molecule has 0 unspecified atom stereocenters. The van der Waals surface area contributed by atoms with E-state index in [0.717, 1.165) is 30.9 Å². The van der Waals surface area contributed by atoms with Crippen LogP contribution in [0.25, 0.3) is 6.08 Å². The molecule has 0 bridgehead atoms. The molecule has 1 aromatic rings. The van der Waals surface area contributed by atoms with Crippen LogP contribution >= 0.6 is 0 Å². The second-order valence-electron chi connectivity index (χ2n) is 4.20. The number of fused-ring (bicyclic) bond motifs is 1. The molecule has 0 aromatic heterocycles. The van der Waals surface area contributed by atoms with Gasteiger partial charge in [-0.1, -0.05) is 18.2 Å². The topological polar surface area (TPSA) is 63.3 Å². The quantitative estimate of drug-likeness (QED) is 0.739. The first-order valence-electron chi connectivity index (χ1n) is 5.43. The summed E-state index contributed by atoms with van der Waals surface area (Å²) in [5.41, 5.74) is 9.43. The van der Waals surface area contributed by atoms with Gasteiger partial charge in [0.2, 0.25) is 0 Å². The van der Waals surface area contributed by atoms with E-state index in [-0.39, 0.29) is 6.04 Å². The molecule has 0 fully saturated rings. The minimum atomic E-state index is -0.922. The first-order chi connectivity index (χ1) is 7.65. The lowest BCUT2D eigenvalue weighted by atomic mass is 9.87. The second-order valence-corrected chi connectivity index (χ2v) is 4.20. The molecule has 0 heterocycles. The third-order valence-corrected chi connectivity index (χ3v) is 2.92. The summed E-state index contributed by atoms with van der Waals surface area (Å²) in [6, 6.07) is 6.30. The Kier molecular flexibility index (Phi) is 3.06. The van der Waals surface area contributed by atoms with Crippen LogP contribution in [0, 0.1) is 0 Å². The smallest absolute Gasteiger partial charge is 0.328 e. The number of aliphatic carboxylic acids is 1. The minimum Gasteiger partial charge on any atom is -0.478 e. The number of hydrogen-bond acceptors (Lipinski definition) is 2. The number of carbonyl (C=O) groups is 1. The zero-order valence-corrected chi connectivity index (χ0v) is 9.02. The second kappa shape index (κ2) is 4.49. The lowest BCUT2D eigenvalue weighted by Crippen LogP contribution is -2.27. The van der Waals surface area contributed by atoms with Crippen molar-refractivity contribution in [3.63, 3.8) is 0 Å². The Morgan fingerprint density at radius 3 is 3.00 bits per heavy atom. The molecule has 1 aliphatic rings. The van der Waals surface area contributed by atoms with E-state index >= 15 is 0 Å². The van der Waals surface area contributed by atoms with Crippen LogP contribution in [0.3, 0.4) is 0 Å². The number of aryl methyl sites for hydroxylation is 1. The summed E-state index contributed by atoms with van der Waals surface area (Å²) in [4.78, 5) is 10.4. The molecule has 0 amide bonds. The number of rotatable bonds is 2. The minimum absolute atomic E-state index is 0.242. The van der Waals surface area contributed by atoms with Crippen LogP contribution < -0.4 is 5.73 Å². The van der Waals surface area contributed by atoms with Gasteiger partial charge < -0.3 is 10.8 Å². The Labute approximate surface area is 94.6 Å². The summed E-state index contributed by atoms with van der Waals surface area (Å²) in [5, 5.41) is 8.55. The summed E-state index contributed by atoms with van der Waals surface area (Å²) < 4.78 is 0. The van der Waals surface area contributed by atoms with E-state index in [1.54, 1.807) is 6.08 Å². The summed E-state index contributed by atoms with van der Waals surface area (Å²) in [7, 11) is 0. The molecule has 3 heteroatoms. The van der Waals surface area contributed by atoms with Crippen LogP contribution in [0.5, 0.6) is 0 Å². The highest BCUT2D eigenvalue weighted by Gasteiger charge is 2.14. The fourth-order valence-electron chi connectivity index (χ4n) is 2.08. The molecule has 3 nitrogen and oxygen atoms in total. The predicted molar refractivity (Wildman–Crippen MR) is 63.1 cm³/mol. The average Bonchev–Trinajstić information content (AvgIpc) is 2.25. The summed E-state index contributed by atoms with van der Waals surface area (Å²) >= 11 is 0. The molecule has 1 atom stereocenters. The van der Waals surface area contributed by atoms with Crippen molar-refractivity contribution in [3.05, 3.63) is 41.0 Å². The summed E-state index contributed by atoms with van der Waals surface area (Å²) in [5.74, 6) is -0.922. The largest absolute Gasteiger partial charge is 0.478 e. The van der Waals surface area contributed by atoms with Crippen molar-refractivity contribution in [2.24, 2.45) is 5.73 Å². The van der Waals surface area contributed by atoms with Gasteiger partial charge >= 0.3 is 5.97 Å². The summed E-state index contributed by atoms with van der Waals surface area (Å²) in [6.07, 6.45) is 5.73. The van der Waals surface area contributed by atoms with Crippen LogP contribution in [0.1, 0.15) is 23.1 Å². The SMILES string of the molecule is N[C@H]1CCc2ccc(C=CC(=O)O)cc2C1. The monoisotopic (exact) mass is 217 g/mol. The van der Waals surface area contributed by atoms with Gasteiger partial charge in [-0.15, -0.1) is 0 Å². The number of carboxylic acid groups (broad SMARTS) is 1. The van der Waals surface area contributed by atoms with Gasteiger partial charge in [0.25, 0.3) is 0 Å². The molecule has 16 heavy (non-hydrogen) atoms. The maximum atomic E-state index is 10.4. The first kappa shape index (κ1) is 10.9. The van der Waals surface area contributed by atoms with E-state index in [9.17, 15) is 4.79 Å². The molecular formula is C13H15NO2. The van der Waals surface area contributed by atoms with E-state index in [1.165, 1.54) is 11.1 Å². The Balaban J connectivity index is 2.24. The molecule has 0 radical (unpaired) electrons. The van der Waals surface area contributed by atoms with Crippen LogP contribution in [0.15, 0.2) is 24.3 Å². The van der Waals surface area contributed by atoms with Crippen LogP contribution in [0.2, 0.25) is 0 Å². The van der Waals surface area contributed by atoms with Gasteiger partial charge in [0.05, 0.1) is 0 Å². The van der Waals surface area contributed by atoms with Crippen LogP contribution in [0.4, 0.5) is 0 Å². The van der Waals surface area contributed by atoms with Gasteiger partial charge in [-0.05, 0) is 42.0 Å². The van der Waals surface area contributed by atoms with Gasteiger partial charge in [0.1, 0.15) is 0 Å². The first-order valence-corrected chi connectivity index (χ1v) is 5.43. The number of benzene rings is 1. The van der Waals surface area contributed by atoms with Crippen molar-refractivity contribution in [1.29, 1.82) is 0 Å². The summed E-state index contributed by atoms with van der Waals surface area (Å²) in [6.45, 7) is 0. The lowest BCUT2D eigenvalue weighted by molar-refractivity contribution is -0.131. The van der Waals surface area contributed by atoms with Gasteiger partial charge in [0, 0.05) is 12.1 Å². The zero-order valence-electron chi connectivity index (χ0n) is 9.02. The fraction of sp³-hybridized carbons (Fsp3) is 0.308. The van der Waals surface area contributed by atoms with Crippen LogP contribution in [-0.2, 0) is 17.6 Å². The number of carboxylic acids is 1. The third kappa shape index (κ3) is 2.49. The van der Waals surface area contributed by atoms with Crippen molar-refractivity contribution < 1.29 is 9.90 Å². The highest BCUT2D eigenvalue weighted by atomic mass is 16.4. The lowest BCUT2D eigenvalue weighted by Gasteiger charge is -2.21. The van der Waals surface area contributed by atoms with Crippen molar-refractivity contribution in [2.75, 3.05) is 0 Å². The molecule has 3 N–H and O–H groups in total. The predicted octanol–water partition coefficient (Wildman–Crippen LogP) is 1.60. The highest BCUT2D eigenvalue weighted by Crippen LogP contribution is 2.22. The van der Waals surface area contributed by atoms with Crippen molar-refractivity contribution in [3.8, 4) is 0 Å². The molecule has 1 aliphatic carbocycles. The van der Waals surface area contributed by atoms with Gasteiger partial charge in [-0.3, -0.25) is 0 Å². The van der Waals surface area contributed by atoms with E-state index in [0.29, 0.717) is 0 Å². The Morgan fingerprint density at radius 2 is 2.25 bits per heavy atom. The molecular weight excluding hydrogens is 202 g/mol. The van der Waals surface area contributed by atoms with Gasteiger partial charge in [-0.25, -0.2) is 4.79 Å². The molecule has 0 saturated carbocycles. The zero-order chi connectivity index (χ0) is 11.5. The number of nitrogens with two attached hydrogens (primary N) is 1.